The van der Waals surface area contributed by atoms with Gasteiger partial charge in [0.15, 0.2) is 17.6 Å². The first-order valence-corrected chi connectivity index (χ1v) is 7.64. The summed E-state index contributed by atoms with van der Waals surface area (Å²) in [6.45, 7) is 1.85. The SMILES string of the molecule is C[C@H](Oc1ccc(Cl)cc1)C(=O)N/N=C\c1ccc2c(c1)OCO2. The Labute approximate surface area is 144 Å². The number of rotatable bonds is 5. The largest absolute Gasteiger partial charge is 0.481 e. The molecule has 1 aliphatic heterocycles. The summed E-state index contributed by atoms with van der Waals surface area (Å²) in [4.78, 5) is 12.0. The van der Waals surface area contributed by atoms with Crippen LogP contribution < -0.4 is 19.6 Å². The van der Waals surface area contributed by atoms with Crippen LogP contribution in [-0.2, 0) is 4.79 Å². The quantitative estimate of drug-likeness (QED) is 0.667. The van der Waals surface area contributed by atoms with Crippen molar-refractivity contribution in [2.75, 3.05) is 6.79 Å². The summed E-state index contributed by atoms with van der Waals surface area (Å²) in [5.74, 6) is 1.55. The lowest BCUT2D eigenvalue weighted by molar-refractivity contribution is -0.127. The lowest BCUT2D eigenvalue weighted by Crippen LogP contribution is -2.33. The van der Waals surface area contributed by atoms with Crippen molar-refractivity contribution in [3.63, 3.8) is 0 Å². The van der Waals surface area contributed by atoms with Crippen LogP contribution in [-0.4, -0.2) is 25.0 Å². The molecule has 1 N–H and O–H groups in total. The molecule has 0 unspecified atom stereocenters. The van der Waals surface area contributed by atoms with E-state index in [1.54, 1.807) is 43.3 Å². The molecule has 7 heteroatoms. The van der Waals surface area contributed by atoms with Crippen LogP contribution in [0.5, 0.6) is 17.2 Å². The maximum Gasteiger partial charge on any atom is 0.280 e. The number of ether oxygens (including phenoxy) is 3. The number of nitrogens with zero attached hydrogens (tertiary/aromatic N) is 1. The Kier molecular flexibility index (Phi) is 4.86. The van der Waals surface area contributed by atoms with Crippen LogP contribution in [0.1, 0.15) is 12.5 Å². The fraction of sp³-hybridized carbons (Fsp3) is 0.176. The third kappa shape index (κ3) is 3.97. The van der Waals surface area contributed by atoms with Crippen molar-refractivity contribution in [1.29, 1.82) is 0 Å². The monoisotopic (exact) mass is 346 g/mol. The minimum Gasteiger partial charge on any atom is -0.481 e. The van der Waals surface area contributed by atoms with Gasteiger partial charge in [0.25, 0.3) is 5.91 Å². The van der Waals surface area contributed by atoms with E-state index in [0.29, 0.717) is 22.3 Å². The Hall–Kier alpha value is -2.73. The highest BCUT2D eigenvalue weighted by molar-refractivity contribution is 6.30. The lowest BCUT2D eigenvalue weighted by Gasteiger charge is -2.12. The topological polar surface area (TPSA) is 69.2 Å². The Morgan fingerprint density at radius 2 is 2.00 bits per heavy atom. The van der Waals surface area contributed by atoms with Crippen LogP contribution in [0.15, 0.2) is 47.6 Å². The molecule has 3 rings (SSSR count). The maximum atomic E-state index is 12.0. The molecule has 0 aliphatic carbocycles. The van der Waals surface area contributed by atoms with Gasteiger partial charge in [0.2, 0.25) is 6.79 Å². The molecule has 0 saturated heterocycles. The van der Waals surface area contributed by atoms with Crippen molar-refractivity contribution in [3.05, 3.63) is 53.1 Å². The molecule has 0 spiro atoms. The molecule has 0 saturated carbocycles. The van der Waals surface area contributed by atoms with E-state index in [9.17, 15) is 4.79 Å². The average Bonchev–Trinajstić information content (AvgIpc) is 3.04. The predicted octanol–water partition coefficient (Wildman–Crippen LogP) is 2.99. The van der Waals surface area contributed by atoms with E-state index in [-0.39, 0.29) is 12.7 Å². The van der Waals surface area contributed by atoms with E-state index in [0.717, 1.165) is 5.56 Å². The van der Waals surface area contributed by atoms with Crippen molar-refractivity contribution in [1.82, 2.24) is 5.43 Å². The van der Waals surface area contributed by atoms with Crippen molar-refractivity contribution >= 4 is 23.7 Å². The minimum atomic E-state index is -0.694. The fourth-order valence-electron chi connectivity index (χ4n) is 2.03. The fourth-order valence-corrected chi connectivity index (χ4v) is 2.15. The molecule has 24 heavy (non-hydrogen) atoms. The Bertz CT molecular complexity index is 762. The first-order valence-electron chi connectivity index (χ1n) is 7.26. The van der Waals surface area contributed by atoms with Gasteiger partial charge in [-0.2, -0.15) is 5.10 Å². The van der Waals surface area contributed by atoms with E-state index in [1.165, 1.54) is 6.21 Å². The highest BCUT2D eigenvalue weighted by Crippen LogP contribution is 2.31. The zero-order valence-corrected chi connectivity index (χ0v) is 13.6. The van der Waals surface area contributed by atoms with E-state index in [2.05, 4.69) is 10.5 Å². The van der Waals surface area contributed by atoms with Crippen molar-refractivity contribution in [3.8, 4) is 17.2 Å². The number of carbonyl (C=O) groups excluding carboxylic acids is 1. The highest BCUT2D eigenvalue weighted by atomic mass is 35.5. The molecule has 0 radical (unpaired) electrons. The summed E-state index contributed by atoms with van der Waals surface area (Å²) < 4.78 is 16.0. The van der Waals surface area contributed by atoms with E-state index in [1.807, 2.05) is 6.07 Å². The minimum absolute atomic E-state index is 0.215. The lowest BCUT2D eigenvalue weighted by atomic mass is 10.2. The summed E-state index contributed by atoms with van der Waals surface area (Å²) in [5, 5.41) is 4.53. The summed E-state index contributed by atoms with van der Waals surface area (Å²) in [6.07, 6.45) is 0.828. The summed E-state index contributed by atoms with van der Waals surface area (Å²) >= 11 is 5.80. The first kappa shape index (κ1) is 16.1. The number of nitrogens with one attached hydrogen (secondary N) is 1. The number of benzene rings is 2. The van der Waals surface area contributed by atoms with E-state index < -0.39 is 6.10 Å². The molecule has 1 heterocycles. The molecular weight excluding hydrogens is 332 g/mol. The van der Waals surface area contributed by atoms with Crippen molar-refractivity contribution in [2.24, 2.45) is 5.10 Å². The van der Waals surface area contributed by atoms with Gasteiger partial charge in [-0.25, -0.2) is 5.43 Å². The number of fused-ring (bicyclic) bond motifs is 1. The smallest absolute Gasteiger partial charge is 0.280 e. The van der Waals surface area contributed by atoms with Crippen LogP contribution >= 0.6 is 11.6 Å². The molecule has 1 atom stereocenters. The number of halogens is 1. The molecular formula is C17H15ClN2O4. The second-order valence-electron chi connectivity index (χ2n) is 5.06. The molecule has 6 nitrogen and oxygen atoms in total. The van der Waals surface area contributed by atoms with Gasteiger partial charge in [0, 0.05) is 5.02 Å². The standard InChI is InChI=1S/C17H15ClN2O4/c1-11(24-14-5-3-13(18)4-6-14)17(21)20-19-9-12-2-7-15-16(8-12)23-10-22-15/h2-9,11H,10H2,1H3,(H,20,21)/b19-9-/t11-/m0/s1. The zero-order valence-electron chi connectivity index (χ0n) is 12.9. The molecule has 124 valence electrons. The summed E-state index contributed by atoms with van der Waals surface area (Å²) in [7, 11) is 0. The van der Waals surface area contributed by atoms with Gasteiger partial charge in [-0.05, 0) is 55.0 Å². The number of amides is 1. The highest BCUT2D eigenvalue weighted by Gasteiger charge is 2.14. The van der Waals surface area contributed by atoms with Gasteiger partial charge in [0.05, 0.1) is 6.21 Å². The van der Waals surface area contributed by atoms with Gasteiger partial charge in [-0.15, -0.1) is 0 Å². The zero-order chi connectivity index (χ0) is 16.9. The number of hydrogen-bond donors (Lipinski definition) is 1. The molecule has 0 aromatic heterocycles. The van der Waals surface area contributed by atoms with Crippen LogP contribution in [0.2, 0.25) is 5.02 Å². The first-order chi connectivity index (χ1) is 11.6. The van der Waals surface area contributed by atoms with Crippen LogP contribution in [0, 0.1) is 0 Å². The molecule has 1 amide bonds. The van der Waals surface area contributed by atoms with Crippen molar-refractivity contribution in [2.45, 2.75) is 13.0 Å². The Morgan fingerprint density at radius 1 is 1.25 bits per heavy atom. The van der Waals surface area contributed by atoms with E-state index >= 15 is 0 Å². The third-order valence-corrected chi connectivity index (χ3v) is 3.53. The molecule has 2 aromatic rings. The number of hydrazone groups is 1. The normalized spacial score (nSPS) is 13.8. The number of hydrogen-bond acceptors (Lipinski definition) is 5. The molecule has 2 aromatic carbocycles. The molecule has 0 bridgehead atoms. The molecule has 0 fully saturated rings. The predicted molar refractivity (Wildman–Crippen MR) is 89.8 cm³/mol. The second-order valence-corrected chi connectivity index (χ2v) is 5.50. The maximum absolute atomic E-state index is 12.0. The van der Waals surface area contributed by atoms with Crippen molar-refractivity contribution < 1.29 is 19.0 Å². The van der Waals surface area contributed by atoms with Gasteiger partial charge >= 0.3 is 0 Å². The van der Waals surface area contributed by atoms with Crippen LogP contribution in [0.25, 0.3) is 0 Å². The third-order valence-electron chi connectivity index (χ3n) is 3.28. The second kappa shape index (κ2) is 7.23. The molecule has 1 aliphatic rings. The average molecular weight is 347 g/mol. The summed E-state index contributed by atoms with van der Waals surface area (Å²) in [5.41, 5.74) is 3.22. The summed E-state index contributed by atoms with van der Waals surface area (Å²) in [6, 6.07) is 12.2. The van der Waals surface area contributed by atoms with Gasteiger partial charge < -0.3 is 14.2 Å². The van der Waals surface area contributed by atoms with E-state index in [4.69, 9.17) is 25.8 Å². The number of carbonyl (C=O) groups is 1. The van der Waals surface area contributed by atoms with Gasteiger partial charge in [-0.3, -0.25) is 4.79 Å². The van der Waals surface area contributed by atoms with Crippen LogP contribution in [0.3, 0.4) is 0 Å². The van der Waals surface area contributed by atoms with Gasteiger partial charge in [-0.1, -0.05) is 11.6 Å². The Morgan fingerprint density at radius 3 is 2.79 bits per heavy atom. The Balaban J connectivity index is 1.53. The van der Waals surface area contributed by atoms with Crippen LogP contribution in [0.4, 0.5) is 0 Å². The van der Waals surface area contributed by atoms with Gasteiger partial charge in [0.1, 0.15) is 5.75 Å².